The molecule has 1 atom stereocenters. The van der Waals surface area contributed by atoms with Crippen LogP contribution >= 0.6 is 0 Å². The van der Waals surface area contributed by atoms with Crippen LogP contribution in [-0.4, -0.2) is 42.3 Å². The molecule has 174 valence electrons. The molecule has 2 heterocycles. The predicted octanol–water partition coefficient (Wildman–Crippen LogP) is 4.97. The minimum atomic E-state index is -0.547. The van der Waals surface area contributed by atoms with Gasteiger partial charge in [0.1, 0.15) is 5.82 Å². The van der Waals surface area contributed by atoms with Gasteiger partial charge in [-0.05, 0) is 75.8 Å². The summed E-state index contributed by atoms with van der Waals surface area (Å²) in [5, 5.41) is 6.76. The molecule has 2 aliphatic rings. The van der Waals surface area contributed by atoms with Crippen molar-refractivity contribution in [3.8, 4) is 11.1 Å². The smallest absolute Gasteiger partial charge is 0.236 e. The van der Waals surface area contributed by atoms with Gasteiger partial charge in [-0.1, -0.05) is 0 Å². The lowest BCUT2D eigenvalue weighted by Crippen LogP contribution is -2.41. The summed E-state index contributed by atoms with van der Waals surface area (Å²) in [4.78, 5) is 8.19. The van der Waals surface area contributed by atoms with Gasteiger partial charge in [-0.15, -0.1) is 0 Å². The zero-order chi connectivity index (χ0) is 22.5. The fourth-order valence-corrected chi connectivity index (χ4v) is 4.64. The van der Waals surface area contributed by atoms with Gasteiger partial charge in [0, 0.05) is 48.8 Å². The molecule has 0 radical (unpaired) electrons. The lowest BCUT2D eigenvalue weighted by molar-refractivity contribution is 0.158. The van der Waals surface area contributed by atoms with Gasteiger partial charge in [0.05, 0.1) is 18.5 Å². The van der Waals surface area contributed by atoms with Crippen LogP contribution in [0, 0.1) is 23.6 Å². The number of aromatic nitrogens is 2. The lowest BCUT2D eigenvalue weighted by atomic mass is 9.83. The van der Waals surface area contributed by atoms with Crippen LogP contribution in [0.2, 0.25) is 0 Å². The Labute approximate surface area is 189 Å². The Hall–Kier alpha value is -2.12. The van der Waals surface area contributed by atoms with Crippen molar-refractivity contribution in [2.24, 2.45) is 11.8 Å². The number of hydrogen-bond donors (Lipinski definition) is 2. The van der Waals surface area contributed by atoms with Gasteiger partial charge in [-0.2, -0.15) is 4.39 Å². The van der Waals surface area contributed by atoms with Crippen LogP contribution < -0.4 is 10.6 Å². The maximum Gasteiger partial charge on any atom is 0.236 e. The summed E-state index contributed by atoms with van der Waals surface area (Å²) >= 11 is 0. The number of pyridine rings is 2. The molecule has 0 saturated heterocycles. The molecule has 0 bridgehead atoms. The number of rotatable bonds is 10. The van der Waals surface area contributed by atoms with E-state index in [4.69, 9.17) is 4.74 Å². The Morgan fingerprint density at radius 2 is 1.78 bits per heavy atom. The molecule has 4 rings (SSSR count). The van der Waals surface area contributed by atoms with E-state index in [2.05, 4.69) is 27.5 Å². The Kier molecular flexibility index (Phi) is 7.68. The highest BCUT2D eigenvalue weighted by molar-refractivity contribution is 5.67. The molecule has 32 heavy (non-hydrogen) atoms. The molecule has 2 aromatic rings. The van der Waals surface area contributed by atoms with E-state index in [9.17, 15) is 8.78 Å². The van der Waals surface area contributed by atoms with Gasteiger partial charge < -0.3 is 15.4 Å². The number of nitrogens with one attached hydrogen (secondary N) is 2. The molecule has 0 aliphatic heterocycles. The summed E-state index contributed by atoms with van der Waals surface area (Å²) in [5.74, 6) is 0.194. The highest BCUT2D eigenvalue weighted by Crippen LogP contribution is 2.32. The maximum atomic E-state index is 14.6. The molecule has 0 aromatic carbocycles. The number of nitrogens with zero attached hydrogens (tertiary/aromatic N) is 2. The lowest BCUT2D eigenvalue weighted by Gasteiger charge is -2.31. The van der Waals surface area contributed by atoms with Gasteiger partial charge in [-0.25, -0.2) is 9.37 Å². The fraction of sp³-hybridized carbons (Fsp3) is 0.600. The summed E-state index contributed by atoms with van der Waals surface area (Å²) in [6.07, 6.45) is 10.4. The highest BCUT2D eigenvalue weighted by atomic mass is 19.1. The van der Waals surface area contributed by atoms with Crippen molar-refractivity contribution >= 4 is 5.69 Å². The molecular weight excluding hydrogens is 410 g/mol. The molecule has 2 N–H and O–H groups in total. The SMILES string of the molecule is COC[C@@H](C)NC1CCC(Cc2cc(-c3cnc(F)c(NCC4CC4)c3)c(F)cn2)CC1. The van der Waals surface area contributed by atoms with E-state index in [-0.39, 0.29) is 0 Å². The topological polar surface area (TPSA) is 59.1 Å². The number of hydrogen-bond acceptors (Lipinski definition) is 5. The Morgan fingerprint density at radius 3 is 2.50 bits per heavy atom. The fourth-order valence-electron chi connectivity index (χ4n) is 4.64. The van der Waals surface area contributed by atoms with E-state index in [0.29, 0.717) is 40.7 Å². The molecule has 2 aliphatic carbocycles. The monoisotopic (exact) mass is 444 g/mol. The second kappa shape index (κ2) is 10.7. The third-order valence-electron chi connectivity index (χ3n) is 6.62. The van der Waals surface area contributed by atoms with Gasteiger partial charge in [-0.3, -0.25) is 4.98 Å². The molecule has 7 heteroatoms. The molecule has 0 unspecified atom stereocenters. The van der Waals surface area contributed by atoms with Crippen molar-refractivity contribution in [2.75, 3.05) is 25.6 Å². The van der Waals surface area contributed by atoms with Crippen LogP contribution in [0.5, 0.6) is 0 Å². The minimum Gasteiger partial charge on any atom is -0.383 e. The number of methoxy groups -OCH3 is 1. The predicted molar refractivity (Wildman–Crippen MR) is 123 cm³/mol. The number of anilines is 1. The van der Waals surface area contributed by atoms with Gasteiger partial charge in [0.25, 0.3) is 0 Å². The van der Waals surface area contributed by atoms with E-state index in [1.165, 1.54) is 25.2 Å². The summed E-state index contributed by atoms with van der Waals surface area (Å²) in [6.45, 7) is 3.60. The van der Waals surface area contributed by atoms with Crippen molar-refractivity contribution in [1.82, 2.24) is 15.3 Å². The highest BCUT2D eigenvalue weighted by Gasteiger charge is 2.24. The first-order valence-electron chi connectivity index (χ1n) is 11.8. The van der Waals surface area contributed by atoms with Crippen molar-refractivity contribution in [1.29, 1.82) is 0 Å². The number of ether oxygens (including phenoxy) is 1. The minimum absolute atomic E-state index is 0.334. The first-order chi connectivity index (χ1) is 15.5. The Balaban J connectivity index is 1.38. The van der Waals surface area contributed by atoms with Crippen molar-refractivity contribution in [2.45, 2.75) is 64.0 Å². The zero-order valence-corrected chi connectivity index (χ0v) is 19.0. The van der Waals surface area contributed by atoms with Crippen LogP contribution in [0.3, 0.4) is 0 Å². The quantitative estimate of drug-likeness (QED) is 0.507. The standard InChI is InChI=1S/C25H34F2N4O/c1-16(15-32-2)31-20-7-5-17(6-8-20)9-21-11-22(23(26)14-28-21)19-10-24(25(27)30-13-19)29-12-18-3-4-18/h10-11,13-14,16-18,20,29,31H,3-9,12,15H2,1-2H3/t16-,17?,20?/m1/s1. The third-order valence-corrected chi connectivity index (χ3v) is 6.62. The first kappa shape index (κ1) is 23.1. The van der Waals surface area contributed by atoms with Crippen LogP contribution in [0.1, 0.15) is 51.1 Å². The zero-order valence-electron chi connectivity index (χ0n) is 19.0. The van der Waals surface area contributed by atoms with Crippen molar-refractivity contribution in [3.63, 3.8) is 0 Å². The van der Waals surface area contributed by atoms with E-state index in [1.807, 2.05) is 0 Å². The molecule has 5 nitrogen and oxygen atoms in total. The van der Waals surface area contributed by atoms with E-state index in [0.717, 1.165) is 50.9 Å². The summed E-state index contributed by atoms with van der Waals surface area (Å²) in [7, 11) is 1.73. The van der Waals surface area contributed by atoms with Crippen LogP contribution in [0.4, 0.5) is 14.5 Å². The second-order valence-corrected chi connectivity index (χ2v) is 9.49. The van der Waals surface area contributed by atoms with Gasteiger partial charge in [0.2, 0.25) is 5.95 Å². The Bertz CT molecular complexity index is 898. The van der Waals surface area contributed by atoms with E-state index in [1.54, 1.807) is 19.2 Å². The van der Waals surface area contributed by atoms with Gasteiger partial charge in [0.15, 0.2) is 0 Å². The summed E-state index contributed by atoms with van der Waals surface area (Å²) < 4.78 is 33.9. The van der Waals surface area contributed by atoms with E-state index < -0.39 is 11.8 Å². The van der Waals surface area contributed by atoms with Crippen LogP contribution in [0.25, 0.3) is 11.1 Å². The average molecular weight is 445 g/mol. The summed E-state index contributed by atoms with van der Waals surface area (Å²) in [5.41, 5.74) is 2.22. The van der Waals surface area contributed by atoms with Gasteiger partial charge >= 0.3 is 0 Å². The molecule has 2 saturated carbocycles. The molecular formula is C25H34F2N4O. The van der Waals surface area contributed by atoms with Crippen LogP contribution in [-0.2, 0) is 11.2 Å². The second-order valence-electron chi connectivity index (χ2n) is 9.49. The molecule has 2 aromatic heterocycles. The molecule has 0 amide bonds. The summed E-state index contributed by atoms with van der Waals surface area (Å²) in [6, 6.07) is 4.35. The number of halogens is 2. The molecule has 0 spiro atoms. The molecule has 2 fully saturated rings. The van der Waals surface area contributed by atoms with Crippen molar-refractivity contribution in [3.05, 3.63) is 42.0 Å². The normalized spacial score (nSPS) is 22.0. The maximum absolute atomic E-state index is 14.6. The first-order valence-corrected chi connectivity index (χ1v) is 11.8. The Morgan fingerprint density at radius 1 is 1.03 bits per heavy atom. The largest absolute Gasteiger partial charge is 0.383 e. The van der Waals surface area contributed by atoms with Crippen molar-refractivity contribution < 1.29 is 13.5 Å². The average Bonchev–Trinajstić information content (AvgIpc) is 3.61. The third kappa shape index (κ3) is 6.23. The van der Waals surface area contributed by atoms with Crippen LogP contribution in [0.15, 0.2) is 24.5 Å². The van der Waals surface area contributed by atoms with E-state index >= 15 is 0 Å².